The van der Waals surface area contributed by atoms with Gasteiger partial charge in [-0.3, -0.25) is 71.9 Å². The number of nitrogens with zero attached hydrogens (tertiary/aromatic N) is 2. The fourth-order valence-corrected chi connectivity index (χ4v) is 13.1. The number of aliphatic hydroxyl groups is 3. The average molecular weight is 1580 g/mol. The van der Waals surface area contributed by atoms with Gasteiger partial charge in [0.1, 0.15) is 66.5 Å². The Morgan fingerprint density at radius 3 is 1.82 bits per heavy atom. The first-order valence-corrected chi connectivity index (χ1v) is 38.3. The van der Waals surface area contributed by atoms with Crippen molar-refractivity contribution >= 4 is 94.7 Å². The zero-order valence-corrected chi connectivity index (χ0v) is 66.7. The Balaban J connectivity index is 3.09. The molecule has 2 rings (SSSR count). The van der Waals surface area contributed by atoms with Crippen LogP contribution in [0.3, 0.4) is 0 Å². The third-order valence-corrected chi connectivity index (χ3v) is 21.0. The van der Waals surface area contributed by atoms with Crippen molar-refractivity contribution in [2.45, 2.75) is 277 Å². The summed E-state index contributed by atoms with van der Waals surface area (Å²) in [6, 6.07) is -19.6. The summed E-state index contributed by atoms with van der Waals surface area (Å²) in [6.45, 7) is 17.7. The third-order valence-electron chi connectivity index (χ3n) is 21.0. The van der Waals surface area contributed by atoms with Crippen LogP contribution < -0.4 is 70.8 Å². The molecule has 0 spiro atoms. The summed E-state index contributed by atoms with van der Waals surface area (Å²) in [6.07, 6.45) is -9.29. The zero-order valence-electron chi connectivity index (χ0n) is 66.7. The van der Waals surface area contributed by atoms with E-state index < -0.39 is 260 Å². The molecule has 13 amide bonds. The Bertz CT molecular complexity index is 3170. The summed E-state index contributed by atoms with van der Waals surface area (Å²) in [5.74, 6) is -24.4. The van der Waals surface area contributed by atoms with E-state index in [4.69, 9.17) is 32.4 Å². The van der Waals surface area contributed by atoms with Crippen molar-refractivity contribution in [2.24, 2.45) is 70.3 Å². The number of nitrogens with one attached hydrogen (secondary N) is 9. The van der Waals surface area contributed by atoms with Crippen molar-refractivity contribution < 1.29 is 112 Å². The number of carbonyl (C=O) groups is 16. The molecule has 632 valence electrons. The molecule has 38 nitrogen and oxygen atoms in total. The molecule has 0 unspecified atom stereocenters. The fourth-order valence-electron chi connectivity index (χ4n) is 13.1. The zero-order chi connectivity index (χ0) is 84.6. The fraction of sp³-hybridized carbons (Fsp3) is 0.781. The van der Waals surface area contributed by atoms with Crippen molar-refractivity contribution in [1.29, 1.82) is 0 Å². The van der Waals surface area contributed by atoms with Crippen molar-refractivity contribution in [3.8, 4) is 0 Å². The number of aliphatic hydroxyl groups excluding tert-OH is 3. The van der Waals surface area contributed by atoms with Gasteiger partial charge in [0.05, 0.1) is 49.7 Å². The number of aliphatic carboxylic acids is 2. The van der Waals surface area contributed by atoms with E-state index in [2.05, 4.69) is 47.9 Å². The molecule has 0 aliphatic carbocycles. The van der Waals surface area contributed by atoms with Gasteiger partial charge in [-0.1, -0.05) is 82.6 Å². The number of rotatable bonds is 39. The van der Waals surface area contributed by atoms with Gasteiger partial charge in [0.15, 0.2) is 0 Å². The highest BCUT2D eigenvalue weighted by atomic mass is 16.5. The van der Waals surface area contributed by atoms with Crippen molar-refractivity contribution in [3.05, 3.63) is 0 Å². The number of hydrogen-bond donors (Lipinski definition) is 18. The van der Waals surface area contributed by atoms with Crippen LogP contribution in [0.2, 0.25) is 0 Å². The summed E-state index contributed by atoms with van der Waals surface area (Å²) in [5, 5.41) is 76.5. The highest BCUT2D eigenvalue weighted by Crippen LogP contribution is 2.28. The number of ether oxygens (including phenoxy) is 2. The molecular weight excluding hydrogens is 1450 g/mol. The van der Waals surface area contributed by atoms with E-state index in [-0.39, 0.29) is 88.8 Å². The van der Waals surface area contributed by atoms with Gasteiger partial charge in [-0.2, -0.15) is 0 Å². The van der Waals surface area contributed by atoms with E-state index in [9.17, 15) is 83.1 Å². The number of hydrogen-bond acceptors (Lipinski definition) is 23. The molecule has 38 heteroatoms. The summed E-state index contributed by atoms with van der Waals surface area (Å²) in [5.41, 5.74) is 23.0. The van der Waals surface area contributed by atoms with Crippen LogP contribution >= 0.6 is 0 Å². The number of esters is 1. The summed E-state index contributed by atoms with van der Waals surface area (Å²) >= 11 is 0. The number of nitrogens with two attached hydrogens (primary N) is 4. The van der Waals surface area contributed by atoms with Crippen LogP contribution in [-0.2, 0) is 86.2 Å². The third kappa shape index (κ3) is 31.4. The van der Waals surface area contributed by atoms with Crippen LogP contribution in [0.15, 0.2) is 0 Å². The second kappa shape index (κ2) is 48.3. The number of methoxy groups -OCH3 is 1. The topological polar surface area (TPSA) is 612 Å². The first-order valence-electron chi connectivity index (χ1n) is 38.3. The van der Waals surface area contributed by atoms with E-state index in [0.29, 0.717) is 6.42 Å². The Labute approximate surface area is 649 Å². The second-order valence-electron chi connectivity index (χ2n) is 30.4. The van der Waals surface area contributed by atoms with Gasteiger partial charge in [-0.25, -0.2) is 4.79 Å². The van der Waals surface area contributed by atoms with Gasteiger partial charge >= 0.3 is 17.9 Å². The number of amides is 13. The number of primary amides is 2. The second-order valence-corrected chi connectivity index (χ2v) is 30.4. The van der Waals surface area contributed by atoms with Crippen LogP contribution in [0.4, 0.5) is 0 Å². The quantitative estimate of drug-likeness (QED) is 0.0266. The predicted octanol–water partition coefficient (Wildman–Crippen LogP) is -3.49. The lowest BCUT2D eigenvalue weighted by Crippen LogP contribution is -2.65. The van der Waals surface area contributed by atoms with E-state index in [0.717, 1.165) is 30.4 Å². The minimum absolute atomic E-state index is 0.0315. The summed E-state index contributed by atoms with van der Waals surface area (Å²) in [7, 11) is 2.32. The normalized spacial score (nSPS) is 24.4. The van der Waals surface area contributed by atoms with Crippen LogP contribution in [-0.4, -0.2) is 261 Å². The largest absolute Gasteiger partial charge is 0.481 e. The Hall–Kier alpha value is -8.72. The molecule has 0 aromatic heterocycles. The molecule has 0 aromatic rings. The molecule has 2 aliphatic heterocycles. The summed E-state index contributed by atoms with van der Waals surface area (Å²) in [4.78, 5) is 229. The maximum atomic E-state index is 15.5. The van der Waals surface area contributed by atoms with Crippen molar-refractivity contribution in [1.82, 2.24) is 57.7 Å². The maximum Gasteiger partial charge on any atom is 0.329 e. The van der Waals surface area contributed by atoms with Gasteiger partial charge < -0.3 is 116 Å². The highest BCUT2D eigenvalue weighted by Gasteiger charge is 2.47. The molecule has 0 aromatic carbocycles. The van der Waals surface area contributed by atoms with Crippen molar-refractivity contribution in [3.63, 3.8) is 0 Å². The Morgan fingerprint density at radius 1 is 0.667 bits per heavy atom. The van der Waals surface area contributed by atoms with Gasteiger partial charge in [-0.15, -0.1) is 0 Å². The smallest absolute Gasteiger partial charge is 0.329 e. The molecule has 22 N–H and O–H groups in total. The number of carboxylic acids is 2. The number of cyclic esters (lactones) is 1. The number of piperidine rings is 1. The molecule has 0 saturated carbocycles. The monoisotopic (exact) mass is 1580 g/mol. The number of carboxylic acid groups (broad SMARTS) is 2. The highest BCUT2D eigenvalue weighted by molar-refractivity contribution is 6.00. The van der Waals surface area contributed by atoms with Crippen LogP contribution in [0, 0.1) is 47.3 Å². The number of carbonyl (C=O) groups excluding carboxylic acids is 14. The van der Waals surface area contributed by atoms with Crippen molar-refractivity contribution in [2.75, 3.05) is 40.4 Å². The molecule has 2 aliphatic rings. The SMILES string of the molecule is CC[C@@H](C)C[C@@H](C)[C@@H](O)[C@@H](C)C(=O)N[C@H](CCCN)C(=O)N[C@@H](CCC(=O)O)[C@@H](O)CC(=O)N[C@H](C(=O)N[C@H]1C(=O)N[C@H](CO)C(=O)N[C@H](CCCN)C(=O)N[C@@H](CC(C)C)C(=O)N(C)[C@@H](CCC(N)=O)C(=O)N[C@@H]([C@@H](C)OC)C(=O)N[C@H](CC(=O)O)C(=O)N2CCCC[C@H]2C(=O)O[C@@H]1[C@H](C)C(C)C)[C@@H](C)[C@@H](C)C(N)=O. The lowest BCUT2D eigenvalue weighted by Gasteiger charge is -2.39. The first kappa shape index (κ1) is 98.4. The molecule has 2 heterocycles. The minimum Gasteiger partial charge on any atom is -0.481 e. The molecule has 0 bridgehead atoms. The van der Waals surface area contributed by atoms with Gasteiger partial charge in [-0.05, 0) is 126 Å². The summed E-state index contributed by atoms with van der Waals surface area (Å²) < 4.78 is 11.8. The molecular formula is C73H127N15O23. The van der Waals surface area contributed by atoms with E-state index >= 15 is 19.2 Å². The maximum absolute atomic E-state index is 15.5. The number of fused-ring (bicyclic) bond motifs is 1. The Morgan fingerprint density at radius 2 is 1.27 bits per heavy atom. The molecule has 21 atom stereocenters. The van der Waals surface area contributed by atoms with Gasteiger partial charge in [0.25, 0.3) is 0 Å². The lowest BCUT2D eigenvalue weighted by atomic mass is 9.85. The van der Waals surface area contributed by atoms with Gasteiger partial charge in [0.2, 0.25) is 76.8 Å². The van der Waals surface area contributed by atoms with Crippen LogP contribution in [0.1, 0.15) is 186 Å². The lowest BCUT2D eigenvalue weighted by molar-refractivity contribution is -0.168. The van der Waals surface area contributed by atoms with E-state index in [1.807, 2.05) is 13.8 Å². The standard InChI is InChI=1S/C73H127N15O23/c1-15-37(6)31-38(7)60(97)42(11)63(99)79-45(20-18-27-74)64(100)78-44(23-26-55(93)94)52(90)33-54(92)84-57(40(9)41(10)62(77)98)68(104)86-59-61(39(8)36(4)5)111-73(109)51-22-16-17-29-88(51)72(108)48(32-56(95)96)82-69(105)58(43(12)110-14)85-67(103)50(24-25-53(76)91)87(13)71(107)47(30-35(2)3)81-65(101)46(21-19-28-75)80-66(102)49(34-89)83-70(59)106/h35-52,57-61,89-90,97H,15-34,74-75H2,1-14H3,(H2,76,91)(H2,77,98)(H,78,100)(H,79,99)(H,80,102)(H,81,101)(H,82,105)(H,83,106)(H,84,92)(H,85,103)(H,86,104)(H,93,94)(H,95,96)/t37-,38-,39-,40+,41-,42-,43-,44+,45-,46-,47+,48-,49-,50+,51+,52+,57+,58+,59-,60-,61-/m1/s1. The Kier molecular flexibility index (Phi) is 42.8. The van der Waals surface area contributed by atoms with Crippen LogP contribution in [0.5, 0.6) is 0 Å². The van der Waals surface area contributed by atoms with E-state index in [1.165, 1.54) is 34.6 Å². The molecule has 111 heavy (non-hydrogen) atoms. The average Bonchev–Trinajstić information content (AvgIpc) is 0.970. The molecule has 2 saturated heterocycles. The number of likely N-dealkylation sites (N-methyl/N-ethyl adjacent to an activating group) is 1. The molecule has 2 fully saturated rings. The molecule has 0 radical (unpaired) electrons. The van der Waals surface area contributed by atoms with Gasteiger partial charge in [0, 0.05) is 39.5 Å². The van der Waals surface area contributed by atoms with E-state index in [1.54, 1.807) is 34.6 Å². The first-order chi connectivity index (χ1) is 51.9. The minimum atomic E-state index is -2.26. The van der Waals surface area contributed by atoms with Crippen LogP contribution in [0.25, 0.3) is 0 Å². The predicted molar refractivity (Wildman–Crippen MR) is 401 cm³/mol.